The molecule has 0 bridgehead atoms. The first-order valence-electron chi connectivity index (χ1n) is 7.66. The monoisotopic (exact) mass is 299 g/mol. The van der Waals surface area contributed by atoms with Gasteiger partial charge in [-0.05, 0) is 38.2 Å². The Balaban J connectivity index is 1.85. The number of hydrogen-bond acceptors (Lipinski definition) is 2. The van der Waals surface area contributed by atoms with Crippen molar-refractivity contribution < 1.29 is 4.79 Å². The van der Waals surface area contributed by atoms with Crippen molar-refractivity contribution in [2.75, 3.05) is 20.6 Å². The molecular formula is C18H25N3O. The Labute approximate surface area is 132 Å². The third kappa shape index (κ3) is 4.46. The number of carbonyl (C=O) groups excluding carboxylic acids is 1. The lowest BCUT2D eigenvalue weighted by atomic mass is 10.1. The van der Waals surface area contributed by atoms with E-state index in [9.17, 15) is 4.79 Å². The van der Waals surface area contributed by atoms with Gasteiger partial charge in [0.2, 0.25) is 5.91 Å². The van der Waals surface area contributed by atoms with E-state index in [-0.39, 0.29) is 11.9 Å². The highest BCUT2D eigenvalue weighted by atomic mass is 16.1. The van der Waals surface area contributed by atoms with Crippen molar-refractivity contribution in [3.05, 3.63) is 59.9 Å². The van der Waals surface area contributed by atoms with Gasteiger partial charge >= 0.3 is 0 Å². The van der Waals surface area contributed by atoms with Gasteiger partial charge in [0.1, 0.15) is 0 Å². The van der Waals surface area contributed by atoms with Crippen LogP contribution in [-0.4, -0.2) is 36.0 Å². The molecule has 0 aliphatic rings. The molecular weight excluding hydrogens is 274 g/mol. The molecule has 0 saturated carbocycles. The Kier molecular flexibility index (Phi) is 5.78. The van der Waals surface area contributed by atoms with Gasteiger partial charge in [0.15, 0.2) is 0 Å². The summed E-state index contributed by atoms with van der Waals surface area (Å²) in [5, 5.41) is 3.06. The van der Waals surface area contributed by atoms with Gasteiger partial charge in [0, 0.05) is 31.9 Å². The van der Waals surface area contributed by atoms with Crippen LogP contribution in [0, 0.1) is 0 Å². The number of rotatable bonds is 7. The lowest BCUT2D eigenvalue weighted by Crippen LogP contribution is -2.35. The SMILES string of the molecule is CN(C)C(CNC(=O)CCc1ccccc1)c1cccn1C. The molecule has 1 heterocycles. The maximum Gasteiger partial charge on any atom is 0.220 e. The zero-order chi connectivity index (χ0) is 15.9. The second-order valence-corrected chi connectivity index (χ2v) is 5.81. The number of aryl methyl sites for hydroxylation is 2. The van der Waals surface area contributed by atoms with Crippen molar-refractivity contribution in [3.8, 4) is 0 Å². The number of aromatic nitrogens is 1. The largest absolute Gasteiger partial charge is 0.354 e. The number of hydrogen-bond donors (Lipinski definition) is 1. The Morgan fingerprint density at radius 1 is 1.18 bits per heavy atom. The standard InChI is InChI=1S/C18H25N3O/c1-20(2)17(16-10-7-13-21(16)3)14-19-18(22)12-11-15-8-5-4-6-9-15/h4-10,13,17H,11-12,14H2,1-3H3,(H,19,22). The van der Waals surface area contributed by atoms with Crippen LogP contribution < -0.4 is 5.32 Å². The van der Waals surface area contributed by atoms with Crippen LogP contribution in [0.4, 0.5) is 0 Å². The van der Waals surface area contributed by atoms with Gasteiger partial charge in [-0.25, -0.2) is 0 Å². The zero-order valence-electron chi connectivity index (χ0n) is 13.6. The molecule has 4 nitrogen and oxygen atoms in total. The second kappa shape index (κ2) is 7.80. The van der Waals surface area contributed by atoms with Gasteiger partial charge < -0.3 is 9.88 Å². The molecule has 1 unspecified atom stereocenters. The summed E-state index contributed by atoms with van der Waals surface area (Å²) < 4.78 is 2.10. The summed E-state index contributed by atoms with van der Waals surface area (Å²) in [6.45, 7) is 0.623. The van der Waals surface area contributed by atoms with Crippen LogP contribution in [0.15, 0.2) is 48.7 Å². The number of benzene rings is 1. The summed E-state index contributed by atoms with van der Waals surface area (Å²) in [6.07, 6.45) is 3.34. The van der Waals surface area contributed by atoms with E-state index in [2.05, 4.69) is 33.0 Å². The number of likely N-dealkylation sites (N-methyl/N-ethyl adjacent to an activating group) is 1. The fourth-order valence-corrected chi connectivity index (χ4v) is 2.57. The molecule has 1 amide bonds. The molecule has 22 heavy (non-hydrogen) atoms. The number of nitrogens with one attached hydrogen (secondary N) is 1. The lowest BCUT2D eigenvalue weighted by molar-refractivity contribution is -0.121. The maximum atomic E-state index is 12.1. The average molecular weight is 299 g/mol. The Hall–Kier alpha value is -2.07. The van der Waals surface area contributed by atoms with E-state index in [1.165, 1.54) is 11.3 Å². The molecule has 1 aromatic heterocycles. The van der Waals surface area contributed by atoms with Crippen molar-refractivity contribution in [2.24, 2.45) is 7.05 Å². The van der Waals surface area contributed by atoms with Crippen LogP contribution in [0.3, 0.4) is 0 Å². The van der Waals surface area contributed by atoms with E-state index in [0.29, 0.717) is 13.0 Å². The highest BCUT2D eigenvalue weighted by molar-refractivity contribution is 5.76. The van der Waals surface area contributed by atoms with Gasteiger partial charge in [-0.1, -0.05) is 30.3 Å². The molecule has 0 aliphatic heterocycles. The first-order chi connectivity index (χ1) is 10.6. The van der Waals surface area contributed by atoms with Crippen LogP contribution in [0.25, 0.3) is 0 Å². The van der Waals surface area contributed by atoms with Crippen LogP contribution >= 0.6 is 0 Å². The molecule has 0 saturated heterocycles. The molecule has 118 valence electrons. The van der Waals surface area contributed by atoms with E-state index in [1.54, 1.807) is 0 Å². The highest BCUT2D eigenvalue weighted by Gasteiger charge is 2.17. The molecule has 0 aliphatic carbocycles. The van der Waals surface area contributed by atoms with Gasteiger partial charge in [-0.3, -0.25) is 9.69 Å². The minimum absolute atomic E-state index is 0.102. The van der Waals surface area contributed by atoms with Crippen molar-refractivity contribution in [1.82, 2.24) is 14.8 Å². The summed E-state index contributed by atoms with van der Waals surface area (Å²) in [7, 11) is 6.10. The van der Waals surface area contributed by atoms with E-state index >= 15 is 0 Å². The normalized spacial score (nSPS) is 12.4. The van der Waals surface area contributed by atoms with Gasteiger partial charge in [0.05, 0.1) is 6.04 Å². The van der Waals surface area contributed by atoms with Crippen molar-refractivity contribution in [1.29, 1.82) is 0 Å². The van der Waals surface area contributed by atoms with Crippen LogP contribution in [0.1, 0.15) is 23.7 Å². The smallest absolute Gasteiger partial charge is 0.220 e. The molecule has 1 atom stereocenters. The molecule has 0 spiro atoms. The van der Waals surface area contributed by atoms with Gasteiger partial charge in [0.25, 0.3) is 0 Å². The van der Waals surface area contributed by atoms with Crippen LogP contribution in [-0.2, 0) is 18.3 Å². The first-order valence-corrected chi connectivity index (χ1v) is 7.66. The summed E-state index contributed by atoms with van der Waals surface area (Å²) in [5.74, 6) is 0.102. The lowest BCUT2D eigenvalue weighted by Gasteiger charge is -2.25. The minimum atomic E-state index is 0.102. The maximum absolute atomic E-state index is 12.1. The number of carbonyl (C=O) groups is 1. The quantitative estimate of drug-likeness (QED) is 0.852. The minimum Gasteiger partial charge on any atom is -0.354 e. The molecule has 4 heteroatoms. The first kappa shape index (κ1) is 16.3. The third-order valence-corrected chi connectivity index (χ3v) is 3.92. The van der Waals surface area contributed by atoms with Crippen molar-refractivity contribution in [3.63, 3.8) is 0 Å². The topological polar surface area (TPSA) is 37.3 Å². The Morgan fingerprint density at radius 2 is 1.91 bits per heavy atom. The van der Waals surface area contributed by atoms with E-state index in [1.807, 2.05) is 51.6 Å². The Bertz CT molecular complexity index is 589. The molecule has 2 aromatic rings. The fourth-order valence-electron chi connectivity index (χ4n) is 2.57. The zero-order valence-corrected chi connectivity index (χ0v) is 13.6. The predicted octanol–water partition coefficient (Wildman–Crippen LogP) is 2.38. The van der Waals surface area contributed by atoms with Crippen molar-refractivity contribution >= 4 is 5.91 Å². The Morgan fingerprint density at radius 3 is 2.50 bits per heavy atom. The molecule has 0 radical (unpaired) electrons. The summed E-state index contributed by atoms with van der Waals surface area (Å²) >= 11 is 0. The van der Waals surface area contributed by atoms with E-state index in [4.69, 9.17) is 0 Å². The van der Waals surface area contributed by atoms with E-state index in [0.717, 1.165) is 6.42 Å². The summed E-state index contributed by atoms with van der Waals surface area (Å²) in [4.78, 5) is 14.2. The third-order valence-electron chi connectivity index (χ3n) is 3.92. The fraction of sp³-hybridized carbons (Fsp3) is 0.389. The van der Waals surface area contributed by atoms with Gasteiger partial charge in [-0.2, -0.15) is 0 Å². The molecule has 0 fully saturated rings. The number of nitrogens with zero attached hydrogens (tertiary/aromatic N) is 2. The average Bonchev–Trinajstić information content (AvgIpc) is 2.92. The summed E-state index contributed by atoms with van der Waals surface area (Å²) in [6, 6.07) is 14.4. The van der Waals surface area contributed by atoms with Gasteiger partial charge in [-0.15, -0.1) is 0 Å². The summed E-state index contributed by atoms with van der Waals surface area (Å²) in [5.41, 5.74) is 2.40. The van der Waals surface area contributed by atoms with Crippen LogP contribution in [0.5, 0.6) is 0 Å². The molecule has 1 aromatic carbocycles. The van der Waals surface area contributed by atoms with Crippen molar-refractivity contribution in [2.45, 2.75) is 18.9 Å². The van der Waals surface area contributed by atoms with E-state index < -0.39 is 0 Å². The second-order valence-electron chi connectivity index (χ2n) is 5.81. The van der Waals surface area contributed by atoms with Crippen LogP contribution in [0.2, 0.25) is 0 Å². The molecule has 1 N–H and O–H groups in total. The highest BCUT2D eigenvalue weighted by Crippen LogP contribution is 2.17. The molecule has 2 rings (SSSR count). The number of amides is 1. The predicted molar refractivity (Wildman–Crippen MR) is 89.6 cm³/mol.